The van der Waals surface area contributed by atoms with Crippen LogP contribution in [0, 0.1) is 5.82 Å². The van der Waals surface area contributed by atoms with Crippen LogP contribution < -0.4 is 10.6 Å². The van der Waals surface area contributed by atoms with E-state index in [1.54, 1.807) is 0 Å². The lowest BCUT2D eigenvalue weighted by molar-refractivity contribution is -0.152. The summed E-state index contributed by atoms with van der Waals surface area (Å²) in [5, 5.41) is 4.15. The van der Waals surface area contributed by atoms with Crippen molar-refractivity contribution in [1.29, 1.82) is 0 Å². The van der Waals surface area contributed by atoms with E-state index in [1.807, 2.05) is 0 Å². The van der Waals surface area contributed by atoms with Gasteiger partial charge in [0.25, 0.3) is 5.91 Å². The molecule has 2 atom stereocenters. The number of carbonyl (C=O) groups excluding carboxylic acids is 3. The molecule has 2 rings (SSSR count). The maximum absolute atomic E-state index is 12.9. The van der Waals surface area contributed by atoms with Crippen LogP contribution in [0.2, 0.25) is 0 Å². The average molecular weight is 472 g/mol. The van der Waals surface area contributed by atoms with E-state index in [0.29, 0.717) is 5.69 Å². The molecule has 6 nitrogen and oxygen atoms in total. The third-order valence-corrected chi connectivity index (χ3v) is 5.19. The number of hydrogen-bond acceptors (Lipinski definition) is 5. The smallest absolute Gasteiger partial charge is 0.416 e. The van der Waals surface area contributed by atoms with Gasteiger partial charge in [-0.15, -0.1) is 11.8 Å². The van der Waals surface area contributed by atoms with Crippen LogP contribution in [-0.4, -0.2) is 34.9 Å². The lowest BCUT2D eigenvalue weighted by Gasteiger charge is -2.17. The van der Waals surface area contributed by atoms with Gasteiger partial charge in [-0.05, 0) is 62.4 Å². The topological polar surface area (TPSA) is 84.5 Å². The Labute approximate surface area is 185 Å². The Hall–Kier alpha value is -3.08. The second-order valence-electron chi connectivity index (χ2n) is 6.65. The van der Waals surface area contributed by atoms with Crippen LogP contribution in [0.25, 0.3) is 0 Å². The van der Waals surface area contributed by atoms with Gasteiger partial charge in [0.05, 0.1) is 11.3 Å². The second-order valence-corrected chi connectivity index (χ2v) is 7.98. The normalized spacial score (nSPS) is 13.1. The number of benzene rings is 2. The van der Waals surface area contributed by atoms with E-state index in [4.69, 9.17) is 4.74 Å². The van der Waals surface area contributed by atoms with Gasteiger partial charge in [0.1, 0.15) is 11.1 Å². The molecule has 2 aromatic carbocycles. The van der Waals surface area contributed by atoms with Crippen LogP contribution in [-0.2, 0) is 25.3 Å². The van der Waals surface area contributed by atoms with Crippen molar-refractivity contribution in [2.45, 2.75) is 31.4 Å². The molecule has 0 saturated carbocycles. The molecule has 2 amide bonds. The van der Waals surface area contributed by atoms with E-state index in [1.165, 1.54) is 38.1 Å². The zero-order valence-electron chi connectivity index (χ0n) is 17.0. The average Bonchev–Trinajstić information content (AvgIpc) is 2.73. The summed E-state index contributed by atoms with van der Waals surface area (Å²) in [4.78, 5) is 36.2. The lowest BCUT2D eigenvalue weighted by Crippen LogP contribution is -2.33. The van der Waals surface area contributed by atoms with Crippen molar-refractivity contribution >= 4 is 40.9 Å². The van der Waals surface area contributed by atoms with Crippen molar-refractivity contribution < 1.29 is 36.7 Å². The quantitative estimate of drug-likeness (QED) is 0.437. The van der Waals surface area contributed by atoms with E-state index in [9.17, 15) is 31.9 Å². The van der Waals surface area contributed by atoms with Gasteiger partial charge >= 0.3 is 12.1 Å². The predicted molar refractivity (Wildman–Crippen MR) is 113 cm³/mol. The van der Waals surface area contributed by atoms with E-state index < -0.39 is 46.7 Å². The maximum Gasteiger partial charge on any atom is 0.416 e. The summed E-state index contributed by atoms with van der Waals surface area (Å²) in [6.07, 6.45) is -5.70. The van der Waals surface area contributed by atoms with Crippen LogP contribution in [0.1, 0.15) is 19.4 Å². The number of esters is 1. The molecule has 11 heteroatoms. The Kier molecular flexibility index (Phi) is 8.64. The molecule has 0 aliphatic rings. The van der Waals surface area contributed by atoms with Crippen molar-refractivity contribution in [2.24, 2.45) is 0 Å². The molecule has 32 heavy (non-hydrogen) atoms. The fraction of sp³-hybridized carbons (Fsp3) is 0.286. The summed E-state index contributed by atoms with van der Waals surface area (Å²) >= 11 is 0.978. The van der Waals surface area contributed by atoms with E-state index in [2.05, 4.69) is 10.6 Å². The van der Waals surface area contributed by atoms with Crippen molar-refractivity contribution in [3.63, 3.8) is 0 Å². The molecule has 172 valence electrons. The molecule has 0 aromatic heterocycles. The largest absolute Gasteiger partial charge is 0.452 e. The number of thioether (sulfide) groups is 1. The number of ether oxygens (including phenoxy) is 1. The number of carbonyl (C=O) groups is 3. The van der Waals surface area contributed by atoms with Gasteiger partial charge in [-0.25, -0.2) is 4.39 Å². The highest BCUT2D eigenvalue weighted by molar-refractivity contribution is 8.01. The Morgan fingerprint density at radius 3 is 2.03 bits per heavy atom. The Balaban J connectivity index is 1.78. The molecule has 2 unspecified atom stereocenters. The van der Waals surface area contributed by atoms with Gasteiger partial charge in [-0.1, -0.05) is 0 Å². The number of anilines is 2. The molecule has 0 fully saturated rings. The second kappa shape index (κ2) is 11.0. The number of alkyl halides is 3. The molecule has 0 aliphatic carbocycles. The van der Waals surface area contributed by atoms with Crippen molar-refractivity contribution in [3.05, 3.63) is 59.9 Å². The lowest BCUT2D eigenvalue weighted by atomic mass is 10.2. The molecule has 0 bridgehead atoms. The summed E-state index contributed by atoms with van der Waals surface area (Å²) in [5.74, 6) is -2.39. The number of halogens is 4. The van der Waals surface area contributed by atoms with Gasteiger partial charge in [0, 0.05) is 11.4 Å². The zero-order valence-corrected chi connectivity index (χ0v) is 17.9. The monoisotopic (exact) mass is 472 g/mol. The minimum atomic E-state index is -4.49. The minimum Gasteiger partial charge on any atom is -0.452 e. The number of amides is 2. The van der Waals surface area contributed by atoms with Gasteiger partial charge < -0.3 is 15.4 Å². The highest BCUT2D eigenvalue weighted by Crippen LogP contribution is 2.29. The predicted octanol–water partition coefficient (Wildman–Crippen LogP) is 4.48. The van der Waals surface area contributed by atoms with Crippen LogP contribution >= 0.6 is 11.8 Å². The Morgan fingerprint density at radius 2 is 1.47 bits per heavy atom. The number of nitrogens with one attached hydrogen (secondary N) is 2. The maximum atomic E-state index is 12.9. The van der Waals surface area contributed by atoms with E-state index in [-0.39, 0.29) is 11.4 Å². The molecule has 0 radical (unpaired) electrons. The highest BCUT2D eigenvalue weighted by atomic mass is 32.2. The Morgan fingerprint density at radius 1 is 0.938 bits per heavy atom. The van der Waals surface area contributed by atoms with Crippen LogP contribution in [0.4, 0.5) is 28.9 Å². The van der Waals surface area contributed by atoms with Gasteiger partial charge in [0.2, 0.25) is 5.91 Å². The van der Waals surface area contributed by atoms with Gasteiger partial charge in [-0.2, -0.15) is 13.2 Å². The zero-order chi connectivity index (χ0) is 23.9. The molecule has 0 aliphatic heterocycles. The molecular formula is C21H20F4N2O4S. The SMILES string of the molecule is CC(OC(=O)C(C)SCC(=O)Nc1ccc(F)cc1)C(=O)Nc1ccc(C(F)(F)F)cc1. The van der Waals surface area contributed by atoms with E-state index >= 15 is 0 Å². The third kappa shape index (κ3) is 7.88. The minimum absolute atomic E-state index is 0.0836. The first-order chi connectivity index (χ1) is 15.0. The van der Waals surface area contributed by atoms with Gasteiger partial charge in [-0.3, -0.25) is 14.4 Å². The molecule has 2 N–H and O–H groups in total. The molecule has 2 aromatic rings. The summed E-state index contributed by atoms with van der Waals surface area (Å²) in [6, 6.07) is 9.00. The number of hydrogen-bond donors (Lipinski definition) is 2. The van der Waals surface area contributed by atoms with Crippen LogP contribution in [0.3, 0.4) is 0 Å². The molecular weight excluding hydrogens is 452 g/mol. The van der Waals surface area contributed by atoms with Gasteiger partial charge in [0.15, 0.2) is 6.10 Å². The van der Waals surface area contributed by atoms with Crippen molar-refractivity contribution in [3.8, 4) is 0 Å². The van der Waals surface area contributed by atoms with Crippen molar-refractivity contribution in [2.75, 3.05) is 16.4 Å². The summed E-state index contributed by atoms with van der Waals surface area (Å²) in [7, 11) is 0. The van der Waals surface area contributed by atoms with Crippen molar-refractivity contribution in [1.82, 2.24) is 0 Å². The summed E-state index contributed by atoms with van der Waals surface area (Å²) in [5.41, 5.74) is -0.337. The van der Waals surface area contributed by atoms with Crippen LogP contribution in [0.15, 0.2) is 48.5 Å². The first kappa shape index (κ1) is 25.2. The van der Waals surface area contributed by atoms with E-state index in [0.717, 1.165) is 36.0 Å². The Bertz CT molecular complexity index is 950. The fourth-order valence-electron chi connectivity index (χ4n) is 2.31. The highest BCUT2D eigenvalue weighted by Gasteiger charge is 2.30. The summed E-state index contributed by atoms with van der Waals surface area (Å²) < 4.78 is 55.7. The molecule has 0 spiro atoms. The first-order valence-electron chi connectivity index (χ1n) is 9.31. The fourth-order valence-corrected chi connectivity index (χ4v) is 2.97. The third-order valence-electron chi connectivity index (χ3n) is 4.07. The standard InChI is InChI=1S/C21H20F4N2O4S/c1-12(19(29)27-17-7-3-14(4-8-17)21(23,24)25)31-20(30)13(2)32-11-18(28)26-16-9-5-15(22)6-10-16/h3-10,12-13H,11H2,1-2H3,(H,26,28)(H,27,29). The summed E-state index contributed by atoms with van der Waals surface area (Å²) in [6.45, 7) is 2.81. The number of rotatable bonds is 8. The molecule has 0 heterocycles. The van der Waals surface area contributed by atoms with Crippen LogP contribution in [0.5, 0.6) is 0 Å². The first-order valence-corrected chi connectivity index (χ1v) is 10.4. The molecule has 0 saturated heterocycles.